The molecule has 0 radical (unpaired) electrons. The highest BCUT2D eigenvalue weighted by molar-refractivity contribution is 9.10. The molecular weight excluding hydrogens is 587 g/mol. The van der Waals surface area contributed by atoms with Crippen LogP contribution in [0.2, 0.25) is 10.0 Å². The third-order valence-electron chi connectivity index (χ3n) is 5.29. The first-order valence-corrected chi connectivity index (χ1v) is 12.9. The SMILES string of the molecule is CCOc1cc(CNn2c(-c3ccccc3OC)n[nH]c2=S)c(Br)cc1OCc1c(Cl)cccc1Cl. The van der Waals surface area contributed by atoms with E-state index in [-0.39, 0.29) is 6.61 Å². The summed E-state index contributed by atoms with van der Waals surface area (Å²) in [4.78, 5) is 0. The number of ether oxygens (including phenoxy) is 3. The zero-order valence-corrected chi connectivity index (χ0v) is 23.4. The van der Waals surface area contributed by atoms with E-state index in [1.165, 1.54) is 0 Å². The monoisotopic (exact) mass is 608 g/mol. The van der Waals surface area contributed by atoms with Gasteiger partial charge in [0.2, 0.25) is 4.77 Å². The van der Waals surface area contributed by atoms with Gasteiger partial charge in [-0.3, -0.25) is 0 Å². The van der Waals surface area contributed by atoms with Gasteiger partial charge in [0.25, 0.3) is 0 Å². The predicted molar refractivity (Wildman–Crippen MR) is 149 cm³/mol. The first kappa shape index (κ1) is 26.3. The molecule has 0 saturated carbocycles. The lowest BCUT2D eigenvalue weighted by Gasteiger charge is -2.17. The van der Waals surface area contributed by atoms with Crippen LogP contribution in [-0.2, 0) is 13.2 Å². The van der Waals surface area contributed by atoms with Gasteiger partial charge in [-0.25, -0.2) is 9.77 Å². The molecule has 0 fully saturated rings. The highest BCUT2D eigenvalue weighted by Crippen LogP contribution is 2.36. The molecule has 0 aliphatic carbocycles. The average molecular weight is 610 g/mol. The third kappa shape index (κ3) is 5.81. The van der Waals surface area contributed by atoms with Crippen molar-refractivity contribution < 1.29 is 14.2 Å². The summed E-state index contributed by atoms with van der Waals surface area (Å²) in [5.41, 5.74) is 5.77. The lowest BCUT2D eigenvalue weighted by Crippen LogP contribution is -2.16. The maximum Gasteiger partial charge on any atom is 0.214 e. The number of hydrogen-bond acceptors (Lipinski definition) is 6. The summed E-state index contributed by atoms with van der Waals surface area (Å²) in [6.07, 6.45) is 0. The van der Waals surface area contributed by atoms with Crippen LogP contribution in [0.4, 0.5) is 0 Å². The minimum Gasteiger partial charge on any atom is -0.496 e. The molecule has 0 saturated heterocycles. The Labute approximate surface area is 232 Å². The molecule has 11 heteroatoms. The van der Waals surface area contributed by atoms with Crippen molar-refractivity contribution in [1.29, 1.82) is 0 Å². The Hall–Kier alpha value is -2.72. The van der Waals surface area contributed by atoms with Crippen molar-refractivity contribution in [2.24, 2.45) is 0 Å². The van der Waals surface area contributed by atoms with E-state index >= 15 is 0 Å². The maximum atomic E-state index is 6.29. The summed E-state index contributed by atoms with van der Waals surface area (Å²) < 4.78 is 20.4. The van der Waals surface area contributed by atoms with Crippen LogP contribution in [0, 0.1) is 4.77 Å². The predicted octanol–water partition coefficient (Wildman–Crippen LogP) is 7.41. The van der Waals surface area contributed by atoms with E-state index in [4.69, 9.17) is 49.6 Å². The molecule has 0 atom stereocenters. The Bertz CT molecular complexity index is 1410. The molecule has 2 N–H and O–H groups in total. The fourth-order valence-electron chi connectivity index (χ4n) is 3.53. The van der Waals surface area contributed by atoms with Crippen molar-refractivity contribution in [3.8, 4) is 28.6 Å². The van der Waals surface area contributed by atoms with Crippen molar-refractivity contribution in [3.63, 3.8) is 0 Å². The van der Waals surface area contributed by atoms with Gasteiger partial charge in [-0.05, 0) is 61.1 Å². The van der Waals surface area contributed by atoms with Crippen molar-refractivity contribution >= 4 is 51.3 Å². The molecule has 0 amide bonds. The summed E-state index contributed by atoms with van der Waals surface area (Å²) in [6.45, 7) is 3.02. The maximum absolute atomic E-state index is 6.29. The molecule has 0 spiro atoms. The number of nitrogens with zero attached hydrogens (tertiary/aromatic N) is 2. The minimum absolute atomic E-state index is 0.203. The van der Waals surface area contributed by atoms with Gasteiger partial charge in [0.1, 0.15) is 12.4 Å². The van der Waals surface area contributed by atoms with Crippen LogP contribution in [0.25, 0.3) is 11.4 Å². The fraction of sp³-hybridized carbons (Fsp3) is 0.200. The number of H-pyrrole nitrogens is 1. The second-order valence-corrected chi connectivity index (χ2v) is 9.59. The van der Waals surface area contributed by atoms with E-state index in [9.17, 15) is 0 Å². The molecule has 36 heavy (non-hydrogen) atoms. The molecular formula is C25H23BrCl2N4O3S. The molecule has 7 nitrogen and oxygen atoms in total. The summed E-state index contributed by atoms with van der Waals surface area (Å²) >= 11 is 21.7. The fourth-order valence-corrected chi connectivity index (χ4v) is 4.70. The van der Waals surface area contributed by atoms with Crippen LogP contribution < -0.4 is 19.6 Å². The largest absolute Gasteiger partial charge is 0.496 e. The normalized spacial score (nSPS) is 10.8. The Morgan fingerprint density at radius 2 is 1.75 bits per heavy atom. The summed E-state index contributed by atoms with van der Waals surface area (Å²) in [7, 11) is 1.62. The van der Waals surface area contributed by atoms with Gasteiger partial charge in [0, 0.05) is 20.1 Å². The van der Waals surface area contributed by atoms with E-state index in [2.05, 4.69) is 31.6 Å². The van der Waals surface area contributed by atoms with Crippen LogP contribution in [-0.4, -0.2) is 28.6 Å². The zero-order chi connectivity index (χ0) is 25.7. The van der Waals surface area contributed by atoms with E-state index in [1.54, 1.807) is 30.0 Å². The molecule has 0 bridgehead atoms. The van der Waals surface area contributed by atoms with Crippen LogP contribution in [0.15, 0.2) is 59.1 Å². The van der Waals surface area contributed by atoms with Gasteiger partial charge >= 0.3 is 0 Å². The molecule has 188 valence electrons. The third-order valence-corrected chi connectivity index (χ3v) is 7.01. The van der Waals surface area contributed by atoms with Crippen LogP contribution >= 0.6 is 51.3 Å². The number of hydrogen-bond donors (Lipinski definition) is 2. The smallest absolute Gasteiger partial charge is 0.214 e. The van der Waals surface area contributed by atoms with Gasteiger partial charge < -0.3 is 19.6 Å². The number of rotatable bonds is 10. The van der Waals surface area contributed by atoms with Crippen LogP contribution in [0.5, 0.6) is 17.2 Å². The minimum atomic E-state index is 0.203. The van der Waals surface area contributed by atoms with Crippen molar-refractivity contribution in [1.82, 2.24) is 14.9 Å². The topological polar surface area (TPSA) is 73.3 Å². The Morgan fingerprint density at radius 3 is 2.47 bits per heavy atom. The summed E-state index contributed by atoms with van der Waals surface area (Å²) in [5.74, 6) is 2.46. The number of methoxy groups -OCH3 is 1. The number of halogens is 3. The standard InChI is InChI=1S/C25H23BrCl2N4O3S/c1-3-34-22-11-15(18(26)12-23(22)35-14-17-19(27)8-6-9-20(17)28)13-29-32-24(30-31-25(32)36)16-7-4-5-10-21(16)33-2/h4-12,29H,3,13-14H2,1-2H3,(H,31,36). The molecule has 1 aromatic heterocycles. The van der Waals surface area contributed by atoms with Gasteiger partial charge in [-0.2, -0.15) is 5.10 Å². The van der Waals surface area contributed by atoms with Crippen LogP contribution in [0.3, 0.4) is 0 Å². The highest BCUT2D eigenvalue weighted by atomic mass is 79.9. The van der Waals surface area contributed by atoms with Gasteiger partial charge in [-0.1, -0.05) is 57.3 Å². The van der Waals surface area contributed by atoms with E-state index in [1.807, 2.05) is 43.3 Å². The van der Waals surface area contributed by atoms with Crippen molar-refractivity contribution in [3.05, 3.63) is 85.0 Å². The van der Waals surface area contributed by atoms with E-state index in [0.29, 0.717) is 56.6 Å². The number of nitrogens with one attached hydrogen (secondary N) is 2. The van der Waals surface area contributed by atoms with Crippen molar-refractivity contribution in [2.75, 3.05) is 19.1 Å². The van der Waals surface area contributed by atoms with E-state index in [0.717, 1.165) is 15.6 Å². The highest BCUT2D eigenvalue weighted by Gasteiger charge is 2.16. The molecule has 4 aromatic rings. The summed E-state index contributed by atoms with van der Waals surface area (Å²) in [5, 5.41) is 8.31. The Balaban J connectivity index is 1.58. The quantitative estimate of drug-likeness (QED) is 0.182. The Kier molecular flexibility index (Phi) is 8.79. The molecule has 4 rings (SSSR count). The first-order valence-electron chi connectivity index (χ1n) is 11.0. The number of para-hydroxylation sites is 1. The first-order chi connectivity index (χ1) is 17.4. The lowest BCUT2D eigenvalue weighted by atomic mass is 10.2. The number of aromatic nitrogens is 3. The second kappa shape index (κ2) is 12.0. The lowest BCUT2D eigenvalue weighted by molar-refractivity contribution is 0.269. The van der Waals surface area contributed by atoms with Gasteiger partial charge in [0.15, 0.2) is 17.3 Å². The molecule has 0 unspecified atom stereocenters. The zero-order valence-electron chi connectivity index (χ0n) is 19.5. The molecule has 1 heterocycles. The van der Waals surface area contributed by atoms with Gasteiger partial charge in [-0.15, -0.1) is 0 Å². The Morgan fingerprint density at radius 1 is 1.03 bits per heavy atom. The molecule has 0 aliphatic heterocycles. The molecule has 3 aromatic carbocycles. The van der Waals surface area contributed by atoms with Crippen molar-refractivity contribution in [2.45, 2.75) is 20.1 Å². The second-order valence-electron chi connectivity index (χ2n) is 7.54. The number of aromatic amines is 1. The van der Waals surface area contributed by atoms with Gasteiger partial charge in [0.05, 0.1) is 25.8 Å². The summed E-state index contributed by atoms with van der Waals surface area (Å²) in [6, 6.07) is 16.7. The molecule has 0 aliphatic rings. The van der Waals surface area contributed by atoms with Crippen LogP contribution in [0.1, 0.15) is 18.1 Å². The van der Waals surface area contributed by atoms with E-state index < -0.39 is 0 Å². The number of benzene rings is 3. The average Bonchev–Trinajstić information content (AvgIpc) is 3.24.